The Hall–Kier alpha value is -1.02. The molecule has 1 aromatic rings. The first-order valence-electron chi connectivity index (χ1n) is 8.38. The topological polar surface area (TPSA) is 29.3 Å². The van der Waals surface area contributed by atoms with E-state index in [1.54, 1.807) is 0 Å². The molecule has 2 nitrogen and oxygen atoms in total. The Balaban J connectivity index is 2.24. The number of hydrogen-bond acceptors (Lipinski definition) is 2. The van der Waals surface area contributed by atoms with Crippen molar-refractivity contribution in [3.05, 3.63) is 30.3 Å². The molecule has 0 bridgehead atoms. The molecule has 0 amide bonds. The highest BCUT2D eigenvalue weighted by Gasteiger charge is 2.04. The molecule has 0 aliphatic carbocycles. The zero-order chi connectivity index (χ0) is 14.5. The van der Waals surface area contributed by atoms with E-state index in [4.69, 9.17) is 5.73 Å². The lowest BCUT2D eigenvalue weighted by atomic mass is 10.1. The lowest BCUT2D eigenvalue weighted by molar-refractivity contribution is 0.581. The lowest BCUT2D eigenvalue weighted by Crippen LogP contribution is -2.27. The fourth-order valence-corrected chi connectivity index (χ4v) is 2.55. The van der Waals surface area contributed by atoms with Crippen LogP contribution in [0.1, 0.15) is 58.3 Å². The van der Waals surface area contributed by atoms with E-state index in [0.29, 0.717) is 0 Å². The van der Waals surface area contributed by atoms with Crippen LogP contribution in [-0.4, -0.2) is 19.6 Å². The van der Waals surface area contributed by atoms with Crippen LogP contribution in [0.15, 0.2) is 30.3 Å². The second-order valence-corrected chi connectivity index (χ2v) is 5.59. The summed E-state index contributed by atoms with van der Waals surface area (Å²) in [5.41, 5.74) is 6.99. The van der Waals surface area contributed by atoms with Crippen LogP contribution in [-0.2, 0) is 0 Å². The molecule has 0 saturated carbocycles. The molecule has 20 heavy (non-hydrogen) atoms. The summed E-state index contributed by atoms with van der Waals surface area (Å²) in [6, 6.07) is 10.7. The maximum atomic E-state index is 5.65. The quantitative estimate of drug-likeness (QED) is 0.566. The molecule has 0 fully saturated rings. The normalized spacial score (nSPS) is 10.7. The zero-order valence-electron chi connectivity index (χ0n) is 13.2. The van der Waals surface area contributed by atoms with Crippen molar-refractivity contribution in [2.75, 3.05) is 24.5 Å². The van der Waals surface area contributed by atoms with Crippen LogP contribution in [0, 0.1) is 0 Å². The zero-order valence-corrected chi connectivity index (χ0v) is 13.2. The van der Waals surface area contributed by atoms with Crippen LogP contribution < -0.4 is 10.6 Å². The molecule has 0 atom stereocenters. The maximum Gasteiger partial charge on any atom is 0.0366 e. The molecule has 0 radical (unpaired) electrons. The van der Waals surface area contributed by atoms with Crippen LogP contribution >= 0.6 is 0 Å². The summed E-state index contributed by atoms with van der Waals surface area (Å²) in [6.45, 7) is 5.30. The number of unbranched alkanes of at least 4 members (excludes halogenated alkanes) is 6. The number of anilines is 1. The average Bonchev–Trinajstić information content (AvgIpc) is 2.50. The van der Waals surface area contributed by atoms with Crippen LogP contribution in [0.25, 0.3) is 0 Å². The van der Waals surface area contributed by atoms with Crippen LogP contribution in [0.5, 0.6) is 0 Å². The van der Waals surface area contributed by atoms with E-state index >= 15 is 0 Å². The van der Waals surface area contributed by atoms with Crippen molar-refractivity contribution in [1.82, 2.24) is 0 Å². The van der Waals surface area contributed by atoms with Crippen molar-refractivity contribution >= 4 is 5.69 Å². The molecule has 0 saturated heterocycles. The Bertz CT molecular complexity index is 310. The minimum atomic E-state index is 0.778. The van der Waals surface area contributed by atoms with Gasteiger partial charge in [0, 0.05) is 18.8 Å². The summed E-state index contributed by atoms with van der Waals surface area (Å²) in [7, 11) is 0. The van der Waals surface area contributed by atoms with Gasteiger partial charge in [-0.15, -0.1) is 0 Å². The van der Waals surface area contributed by atoms with Gasteiger partial charge in [-0.1, -0.05) is 63.6 Å². The third kappa shape index (κ3) is 7.54. The highest BCUT2D eigenvalue weighted by Crippen LogP contribution is 2.15. The molecule has 1 rings (SSSR count). The molecule has 2 N–H and O–H groups in total. The molecule has 0 spiro atoms. The van der Waals surface area contributed by atoms with Crippen molar-refractivity contribution in [3.63, 3.8) is 0 Å². The molecule has 0 heterocycles. The molecule has 2 heteroatoms. The van der Waals surface area contributed by atoms with Gasteiger partial charge in [-0.25, -0.2) is 0 Å². The predicted octanol–water partition coefficient (Wildman–Crippen LogP) is 4.59. The van der Waals surface area contributed by atoms with E-state index in [-0.39, 0.29) is 0 Å². The molecular weight excluding hydrogens is 244 g/mol. The Morgan fingerprint density at radius 3 is 2.05 bits per heavy atom. The first kappa shape index (κ1) is 17.0. The van der Waals surface area contributed by atoms with Crippen LogP contribution in [0.4, 0.5) is 5.69 Å². The smallest absolute Gasteiger partial charge is 0.0366 e. The second kappa shape index (κ2) is 11.8. The molecule has 0 unspecified atom stereocenters. The minimum Gasteiger partial charge on any atom is -0.371 e. The summed E-state index contributed by atoms with van der Waals surface area (Å²) in [6.07, 6.45) is 10.7. The molecule has 1 aromatic carbocycles. The van der Waals surface area contributed by atoms with Crippen LogP contribution in [0.2, 0.25) is 0 Å². The SMILES string of the molecule is CCCCCCCCCN(CCCN)c1ccccc1. The number of rotatable bonds is 12. The van der Waals surface area contributed by atoms with Crippen molar-refractivity contribution in [2.24, 2.45) is 5.73 Å². The van der Waals surface area contributed by atoms with Crippen molar-refractivity contribution in [2.45, 2.75) is 58.3 Å². The summed E-state index contributed by atoms with van der Waals surface area (Å²) < 4.78 is 0. The van der Waals surface area contributed by atoms with Crippen molar-refractivity contribution < 1.29 is 0 Å². The molecule has 0 aliphatic heterocycles. The maximum absolute atomic E-state index is 5.65. The van der Waals surface area contributed by atoms with Crippen LogP contribution in [0.3, 0.4) is 0 Å². The highest BCUT2D eigenvalue weighted by atomic mass is 15.1. The molecular formula is C18H32N2. The summed E-state index contributed by atoms with van der Waals surface area (Å²) in [5.74, 6) is 0. The Morgan fingerprint density at radius 1 is 0.800 bits per heavy atom. The van der Waals surface area contributed by atoms with Gasteiger partial charge < -0.3 is 10.6 Å². The molecule has 114 valence electrons. The monoisotopic (exact) mass is 276 g/mol. The molecule has 0 aliphatic rings. The average molecular weight is 276 g/mol. The van der Waals surface area contributed by atoms with E-state index < -0.39 is 0 Å². The first-order valence-corrected chi connectivity index (χ1v) is 8.38. The summed E-state index contributed by atoms with van der Waals surface area (Å²) in [4.78, 5) is 2.49. The van der Waals surface area contributed by atoms with Crippen molar-refractivity contribution in [3.8, 4) is 0 Å². The lowest BCUT2D eigenvalue weighted by Gasteiger charge is -2.24. The third-order valence-corrected chi connectivity index (χ3v) is 3.79. The van der Waals surface area contributed by atoms with Gasteiger partial charge in [0.15, 0.2) is 0 Å². The number of nitrogens with zero attached hydrogens (tertiary/aromatic N) is 1. The van der Waals surface area contributed by atoms with Gasteiger partial charge in [0.1, 0.15) is 0 Å². The standard InChI is InChI=1S/C18H32N2/c1-2-3-4-5-6-7-11-16-20(17-12-15-19)18-13-9-8-10-14-18/h8-10,13-14H,2-7,11-12,15-17,19H2,1H3. The number of benzene rings is 1. The summed E-state index contributed by atoms with van der Waals surface area (Å²) in [5, 5.41) is 0. The largest absolute Gasteiger partial charge is 0.371 e. The highest BCUT2D eigenvalue weighted by molar-refractivity contribution is 5.45. The van der Waals surface area contributed by atoms with Gasteiger partial charge in [-0.2, -0.15) is 0 Å². The number of nitrogens with two attached hydrogens (primary N) is 1. The van der Waals surface area contributed by atoms with E-state index in [1.165, 1.54) is 50.6 Å². The first-order chi connectivity index (χ1) is 9.88. The Labute approximate surface area is 125 Å². The summed E-state index contributed by atoms with van der Waals surface area (Å²) >= 11 is 0. The fraction of sp³-hybridized carbons (Fsp3) is 0.667. The van der Waals surface area contributed by atoms with Gasteiger partial charge >= 0.3 is 0 Å². The van der Waals surface area contributed by atoms with Gasteiger partial charge in [0.2, 0.25) is 0 Å². The Kier molecular flexibility index (Phi) is 10.0. The second-order valence-electron chi connectivity index (χ2n) is 5.59. The van der Waals surface area contributed by atoms with Gasteiger partial charge in [-0.05, 0) is 31.5 Å². The van der Waals surface area contributed by atoms with Gasteiger partial charge in [0.05, 0.1) is 0 Å². The van der Waals surface area contributed by atoms with E-state index in [1.807, 2.05) is 0 Å². The van der Waals surface area contributed by atoms with Crippen molar-refractivity contribution in [1.29, 1.82) is 0 Å². The number of hydrogen-bond donors (Lipinski definition) is 1. The van der Waals surface area contributed by atoms with Gasteiger partial charge in [0.25, 0.3) is 0 Å². The fourth-order valence-electron chi connectivity index (χ4n) is 2.55. The van der Waals surface area contributed by atoms with Gasteiger partial charge in [-0.3, -0.25) is 0 Å². The van der Waals surface area contributed by atoms with E-state index in [2.05, 4.69) is 42.2 Å². The minimum absolute atomic E-state index is 0.778. The number of para-hydroxylation sites is 1. The van der Waals surface area contributed by atoms with E-state index in [0.717, 1.165) is 26.1 Å². The van der Waals surface area contributed by atoms with E-state index in [9.17, 15) is 0 Å². The predicted molar refractivity (Wildman–Crippen MR) is 90.3 cm³/mol. The Morgan fingerprint density at radius 2 is 1.40 bits per heavy atom. The third-order valence-electron chi connectivity index (χ3n) is 3.79. The molecule has 0 aromatic heterocycles.